The SMILES string of the molecule is CN(C(=O)CCc1cccnc1)C1CCCNC1. The second-order valence-corrected chi connectivity index (χ2v) is 4.87. The fraction of sp³-hybridized carbons (Fsp3) is 0.571. The normalized spacial score (nSPS) is 19.5. The molecule has 1 aromatic rings. The van der Waals surface area contributed by atoms with Crippen LogP contribution in [-0.2, 0) is 11.2 Å². The van der Waals surface area contributed by atoms with E-state index >= 15 is 0 Å². The molecule has 1 aliphatic heterocycles. The summed E-state index contributed by atoms with van der Waals surface area (Å²) in [7, 11) is 1.92. The average Bonchev–Trinajstić information content (AvgIpc) is 2.46. The highest BCUT2D eigenvalue weighted by molar-refractivity contribution is 5.76. The summed E-state index contributed by atoms with van der Waals surface area (Å²) in [4.78, 5) is 18.1. The Morgan fingerprint density at radius 2 is 2.50 bits per heavy atom. The van der Waals surface area contributed by atoms with Crippen molar-refractivity contribution in [3.8, 4) is 0 Å². The van der Waals surface area contributed by atoms with Crippen LogP contribution in [-0.4, -0.2) is 42.0 Å². The summed E-state index contributed by atoms with van der Waals surface area (Å²) in [6.07, 6.45) is 7.20. The van der Waals surface area contributed by atoms with Gasteiger partial charge in [-0.1, -0.05) is 6.07 Å². The lowest BCUT2D eigenvalue weighted by Crippen LogP contribution is -2.46. The van der Waals surface area contributed by atoms with Crippen molar-refractivity contribution in [1.29, 1.82) is 0 Å². The van der Waals surface area contributed by atoms with Crippen LogP contribution in [0.1, 0.15) is 24.8 Å². The van der Waals surface area contributed by atoms with Gasteiger partial charge < -0.3 is 10.2 Å². The van der Waals surface area contributed by atoms with Gasteiger partial charge in [0.1, 0.15) is 0 Å². The molecule has 0 aliphatic carbocycles. The molecule has 1 aliphatic rings. The number of nitrogens with one attached hydrogen (secondary N) is 1. The first-order valence-electron chi connectivity index (χ1n) is 6.62. The monoisotopic (exact) mass is 247 g/mol. The van der Waals surface area contributed by atoms with Crippen molar-refractivity contribution in [2.24, 2.45) is 0 Å². The predicted octanol–water partition coefficient (Wildman–Crippen LogP) is 1.22. The quantitative estimate of drug-likeness (QED) is 0.870. The molecule has 4 nitrogen and oxygen atoms in total. The Kier molecular flexibility index (Phi) is 4.70. The Hall–Kier alpha value is -1.42. The first-order valence-corrected chi connectivity index (χ1v) is 6.62. The fourth-order valence-corrected chi connectivity index (χ4v) is 2.34. The van der Waals surface area contributed by atoms with Gasteiger partial charge in [0.05, 0.1) is 0 Å². The van der Waals surface area contributed by atoms with Crippen molar-refractivity contribution in [3.05, 3.63) is 30.1 Å². The van der Waals surface area contributed by atoms with E-state index in [1.54, 1.807) is 6.20 Å². The third-order valence-corrected chi connectivity index (χ3v) is 3.56. The van der Waals surface area contributed by atoms with E-state index in [0.29, 0.717) is 12.5 Å². The van der Waals surface area contributed by atoms with E-state index in [4.69, 9.17) is 0 Å². The Morgan fingerprint density at radius 3 is 3.17 bits per heavy atom. The van der Waals surface area contributed by atoms with Crippen LogP contribution in [0.5, 0.6) is 0 Å². The molecule has 1 amide bonds. The highest BCUT2D eigenvalue weighted by Gasteiger charge is 2.21. The smallest absolute Gasteiger partial charge is 0.222 e. The Morgan fingerprint density at radius 1 is 1.61 bits per heavy atom. The third kappa shape index (κ3) is 3.53. The van der Waals surface area contributed by atoms with Crippen molar-refractivity contribution in [2.45, 2.75) is 31.7 Å². The minimum atomic E-state index is 0.229. The lowest BCUT2D eigenvalue weighted by atomic mass is 10.1. The van der Waals surface area contributed by atoms with Gasteiger partial charge in [-0.25, -0.2) is 0 Å². The minimum Gasteiger partial charge on any atom is -0.341 e. The summed E-state index contributed by atoms with van der Waals surface area (Å²) in [5, 5.41) is 3.34. The fourth-order valence-electron chi connectivity index (χ4n) is 2.34. The lowest BCUT2D eigenvalue weighted by molar-refractivity contribution is -0.132. The van der Waals surface area contributed by atoms with Crippen molar-refractivity contribution >= 4 is 5.91 Å². The second-order valence-electron chi connectivity index (χ2n) is 4.87. The number of hydrogen-bond donors (Lipinski definition) is 1. The number of piperidine rings is 1. The van der Waals surface area contributed by atoms with Gasteiger partial charge in [0, 0.05) is 38.4 Å². The number of amides is 1. The molecule has 1 unspecified atom stereocenters. The molecule has 1 atom stereocenters. The third-order valence-electron chi connectivity index (χ3n) is 3.56. The summed E-state index contributed by atoms with van der Waals surface area (Å²) in [6, 6.07) is 4.29. The maximum Gasteiger partial charge on any atom is 0.222 e. The summed E-state index contributed by atoms with van der Waals surface area (Å²) >= 11 is 0. The topological polar surface area (TPSA) is 45.2 Å². The average molecular weight is 247 g/mol. The number of carbonyl (C=O) groups excluding carboxylic acids is 1. The zero-order valence-electron chi connectivity index (χ0n) is 10.9. The van der Waals surface area contributed by atoms with Crippen LogP contribution in [0, 0.1) is 0 Å². The largest absolute Gasteiger partial charge is 0.341 e. The number of hydrogen-bond acceptors (Lipinski definition) is 3. The molecule has 1 N–H and O–H groups in total. The summed E-state index contributed by atoms with van der Waals surface area (Å²) in [6.45, 7) is 2.00. The van der Waals surface area contributed by atoms with E-state index in [0.717, 1.165) is 37.9 Å². The molecule has 2 heterocycles. The van der Waals surface area contributed by atoms with Gasteiger partial charge in [-0.15, -0.1) is 0 Å². The number of rotatable bonds is 4. The predicted molar refractivity (Wildman–Crippen MR) is 71.2 cm³/mol. The highest BCUT2D eigenvalue weighted by Crippen LogP contribution is 2.11. The van der Waals surface area contributed by atoms with E-state index < -0.39 is 0 Å². The zero-order valence-corrected chi connectivity index (χ0v) is 10.9. The first-order chi connectivity index (χ1) is 8.77. The number of likely N-dealkylation sites (N-methyl/N-ethyl adjacent to an activating group) is 1. The first kappa shape index (κ1) is 13.0. The van der Waals surface area contributed by atoms with Crippen LogP contribution >= 0.6 is 0 Å². The molecule has 1 aromatic heterocycles. The molecule has 1 fully saturated rings. The zero-order chi connectivity index (χ0) is 12.8. The molecule has 0 bridgehead atoms. The number of carbonyl (C=O) groups is 1. The maximum absolute atomic E-state index is 12.1. The van der Waals surface area contributed by atoms with Crippen LogP contribution in [0.25, 0.3) is 0 Å². The minimum absolute atomic E-state index is 0.229. The molecule has 4 heteroatoms. The van der Waals surface area contributed by atoms with Gasteiger partial charge >= 0.3 is 0 Å². The summed E-state index contributed by atoms with van der Waals surface area (Å²) in [5.41, 5.74) is 1.13. The van der Waals surface area contributed by atoms with E-state index in [2.05, 4.69) is 10.3 Å². The van der Waals surface area contributed by atoms with Crippen LogP contribution in [0.4, 0.5) is 0 Å². The van der Waals surface area contributed by atoms with Crippen molar-refractivity contribution in [3.63, 3.8) is 0 Å². The lowest BCUT2D eigenvalue weighted by Gasteiger charge is -2.31. The van der Waals surface area contributed by atoms with Gasteiger partial charge in [0.2, 0.25) is 5.91 Å². The van der Waals surface area contributed by atoms with E-state index in [-0.39, 0.29) is 5.91 Å². The molecule has 0 radical (unpaired) electrons. The summed E-state index contributed by atoms with van der Waals surface area (Å²) in [5.74, 6) is 0.229. The van der Waals surface area contributed by atoms with E-state index in [9.17, 15) is 4.79 Å². The van der Waals surface area contributed by atoms with E-state index in [1.807, 2.05) is 30.3 Å². The molecule has 18 heavy (non-hydrogen) atoms. The molecule has 1 saturated heterocycles. The van der Waals surface area contributed by atoms with Gasteiger partial charge in [0.25, 0.3) is 0 Å². The van der Waals surface area contributed by atoms with Crippen molar-refractivity contribution in [1.82, 2.24) is 15.2 Å². The molecule has 0 saturated carbocycles. The van der Waals surface area contributed by atoms with Gasteiger partial charge in [0.15, 0.2) is 0 Å². The van der Waals surface area contributed by atoms with Gasteiger partial charge in [-0.3, -0.25) is 9.78 Å². The van der Waals surface area contributed by atoms with Gasteiger partial charge in [-0.2, -0.15) is 0 Å². The molecule has 2 rings (SSSR count). The number of aryl methyl sites for hydroxylation is 1. The molecule has 98 valence electrons. The Labute approximate surface area is 108 Å². The van der Waals surface area contributed by atoms with Crippen LogP contribution in [0.2, 0.25) is 0 Å². The van der Waals surface area contributed by atoms with Crippen molar-refractivity contribution < 1.29 is 4.79 Å². The number of nitrogens with zero attached hydrogens (tertiary/aromatic N) is 2. The van der Waals surface area contributed by atoms with Crippen molar-refractivity contribution in [2.75, 3.05) is 20.1 Å². The highest BCUT2D eigenvalue weighted by atomic mass is 16.2. The maximum atomic E-state index is 12.1. The summed E-state index contributed by atoms with van der Waals surface area (Å²) < 4.78 is 0. The Balaban J connectivity index is 1.80. The van der Waals surface area contributed by atoms with E-state index in [1.165, 1.54) is 0 Å². The standard InChI is InChI=1S/C14H21N3O/c1-17(13-5-3-9-16-11-13)14(18)7-6-12-4-2-8-15-10-12/h2,4,8,10,13,16H,3,5-7,9,11H2,1H3. The molecule has 0 aromatic carbocycles. The number of aromatic nitrogens is 1. The molecular weight excluding hydrogens is 226 g/mol. The Bertz CT molecular complexity index is 374. The van der Waals surface area contributed by atoms with Crippen LogP contribution < -0.4 is 5.32 Å². The number of pyridine rings is 1. The van der Waals surface area contributed by atoms with Crippen LogP contribution in [0.15, 0.2) is 24.5 Å². The van der Waals surface area contributed by atoms with Crippen LogP contribution in [0.3, 0.4) is 0 Å². The molecule has 0 spiro atoms. The molecular formula is C14H21N3O. The second kappa shape index (κ2) is 6.50. The van der Waals surface area contributed by atoms with Gasteiger partial charge in [-0.05, 0) is 37.4 Å².